The lowest BCUT2D eigenvalue weighted by Gasteiger charge is -2.26. The minimum absolute atomic E-state index is 0.102. The molecular weight excluding hydrogens is 260 g/mol. The first-order chi connectivity index (χ1) is 10.3. The molecule has 0 unspecified atom stereocenters. The van der Waals surface area contributed by atoms with Gasteiger partial charge in [-0.2, -0.15) is 0 Å². The Hall–Kier alpha value is -2.35. The summed E-state index contributed by atoms with van der Waals surface area (Å²) >= 11 is 0. The fourth-order valence-electron chi connectivity index (χ4n) is 3.63. The molecule has 2 aromatic rings. The molecule has 2 aromatic carbocycles. The van der Waals surface area contributed by atoms with Crippen molar-refractivity contribution in [2.45, 2.75) is 24.9 Å². The molecule has 3 aliphatic rings. The highest BCUT2D eigenvalue weighted by Gasteiger charge is 2.38. The van der Waals surface area contributed by atoms with Crippen molar-refractivity contribution in [3.05, 3.63) is 82.9 Å². The first-order valence-corrected chi connectivity index (χ1v) is 7.29. The van der Waals surface area contributed by atoms with E-state index in [1.165, 1.54) is 23.6 Å². The van der Waals surface area contributed by atoms with E-state index in [1.807, 2.05) is 6.07 Å². The summed E-state index contributed by atoms with van der Waals surface area (Å²) < 4.78 is 5.69. The lowest BCUT2D eigenvalue weighted by molar-refractivity contribution is -0.147. The number of hydrogen-bond donors (Lipinski definition) is 0. The van der Waals surface area contributed by atoms with E-state index in [2.05, 4.69) is 54.6 Å². The number of hydrogen-bond acceptors (Lipinski definition) is 2. The number of allylic oxidation sites excluding steroid dienone is 1. The van der Waals surface area contributed by atoms with Crippen LogP contribution < -0.4 is 0 Å². The Labute approximate surface area is 124 Å². The van der Waals surface area contributed by atoms with E-state index in [0.29, 0.717) is 0 Å². The summed E-state index contributed by atoms with van der Waals surface area (Å²) in [6.07, 6.45) is 4.21. The van der Waals surface area contributed by atoms with Crippen LogP contribution in [0.3, 0.4) is 0 Å². The van der Waals surface area contributed by atoms with Gasteiger partial charge in [0.1, 0.15) is 6.10 Å². The zero-order valence-electron chi connectivity index (χ0n) is 11.8. The van der Waals surface area contributed by atoms with Crippen molar-refractivity contribution in [3.63, 3.8) is 0 Å². The molecule has 3 aliphatic carbocycles. The van der Waals surface area contributed by atoms with Gasteiger partial charge in [-0.1, -0.05) is 60.7 Å². The second-order valence-corrected chi connectivity index (χ2v) is 5.68. The molecule has 21 heavy (non-hydrogen) atoms. The van der Waals surface area contributed by atoms with Crippen LogP contribution in [0.5, 0.6) is 0 Å². The van der Waals surface area contributed by atoms with E-state index in [0.717, 1.165) is 5.56 Å². The van der Waals surface area contributed by atoms with Crippen molar-refractivity contribution >= 4 is 5.97 Å². The molecule has 0 aromatic heterocycles. The molecular formula is C19H16O2. The standard InChI is InChI=1S/C19H16O2/c1-12(20)21-19-17-9-5-4-8-15(17)16-10-11-18(19)14-7-3-2-6-13(14)16/h2-11,16,18-19H,1H3/t16-,18+,19+/m1/s1. The van der Waals surface area contributed by atoms with E-state index in [9.17, 15) is 4.79 Å². The third kappa shape index (κ3) is 1.83. The minimum atomic E-state index is -0.233. The van der Waals surface area contributed by atoms with Crippen molar-refractivity contribution < 1.29 is 9.53 Å². The third-order valence-corrected chi connectivity index (χ3v) is 4.46. The highest BCUT2D eigenvalue weighted by Crippen LogP contribution is 2.50. The fourth-order valence-corrected chi connectivity index (χ4v) is 3.63. The summed E-state index contributed by atoms with van der Waals surface area (Å²) in [5, 5.41) is 0. The maximum atomic E-state index is 11.6. The molecule has 0 saturated heterocycles. The number of ether oxygens (including phenoxy) is 1. The zero-order valence-corrected chi connectivity index (χ0v) is 11.8. The van der Waals surface area contributed by atoms with E-state index in [1.54, 1.807) is 0 Å². The Morgan fingerprint density at radius 2 is 1.43 bits per heavy atom. The molecule has 104 valence electrons. The lowest BCUT2D eigenvalue weighted by Crippen LogP contribution is -2.16. The maximum Gasteiger partial charge on any atom is 0.303 e. The third-order valence-electron chi connectivity index (χ3n) is 4.46. The molecule has 3 atom stereocenters. The van der Waals surface area contributed by atoms with Gasteiger partial charge in [-0.25, -0.2) is 0 Å². The summed E-state index contributed by atoms with van der Waals surface area (Å²) in [6.45, 7) is 1.48. The van der Waals surface area contributed by atoms with Gasteiger partial charge in [-0.05, 0) is 22.3 Å². The SMILES string of the molecule is CC(=O)O[C@H]1c2ccccc2[C@@H]2C=C[C@H]1c1ccccc12. The molecule has 2 heteroatoms. The number of benzene rings is 2. The van der Waals surface area contributed by atoms with Crippen molar-refractivity contribution in [2.24, 2.45) is 0 Å². The molecule has 0 spiro atoms. The molecule has 0 aliphatic heterocycles. The van der Waals surface area contributed by atoms with E-state index < -0.39 is 0 Å². The molecule has 2 nitrogen and oxygen atoms in total. The Kier molecular flexibility index (Phi) is 2.71. The second-order valence-electron chi connectivity index (χ2n) is 5.68. The van der Waals surface area contributed by atoms with E-state index in [-0.39, 0.29) is 23.9 Å². The average Bonchev–Trinajstić information content (AvgIpc) is 2.72. The Bertz CT molecular complexity index is 745. The minimum Gasteiger partial charge on any atom is -0.457 e. The lowest BCUT2D eigenvalue weighted by atomic mass is 9.81. The molecule has 0 radical (unpaired) electrons. The van der Waals surface area contributed by atoms with Gasteiger partial charge < -0.3 is 4.74 Å². The monoisotopic (exact) mass is 276 g/mol. The summed E-state index contributed by atoms with van der Waals surface area (Å²) in [6, 6.07) is 16.8. The van der Waals surface area contributed by atoms with Crippen LogP contribution in [0, 0.1) is 0 Å². The molecule has 0 N–H and O–H groups in total. The van der Waals surface area contributed by atoms with Gasteiger partial charge in [0.15, 0.2) is 0 Å². The van der Waals surface area contributed by atoms with Crippen LogP contribution in [-0.4, -0.2) is 5.97 Å². The van der Waals surface area contributed by atoms with Crippen molar-refractivity contribution in [1.29, 1.82) is 0 Å². The summed E-state index contributed by atoms with van der Waals surface area (Å²) in [7, 11) is 0. The van der Waals surface area contributed by atoms with Gasteiger partial charge in [-0.15, -0.1) is 0 Å². The molecule has 5 rings (SSSR count). The van der Waals surface area contributed by atoms with Crippen LogP contribution in [-0.2, 0) is 9.53 Å². The molecule has 0 fully saturated rings. The Morgan fingerprint density at radius 1 is 0.857 bits per heavy atom. The predicted octanol–water partition coefficient (Wildman–Crippen LogP) is 4.09. The molecule has 0 saturated carbocycles. The van der Waals surface area contributed by atoms with Gasteiger partial charge in [0, 0.05) is 18.8 Å². The van der Waals surface area contributed by atoms with Crippen molar-refractivity contribution in [1.82, 2.24) is 0 Å². The van der Waals surface area contributed by atoms with Crippen molar-refractivity contribution in [2.75, 3.05) is 0 Å². The van der Waals surface area contributed by atoms with Crippen LogP contribution in [0.1, 0.15) is 47.1 Å². The molecule has 0 amide bonds. The summed E-state index contributed by atoms with van der Waals surface area (Å²) in [5.41, 5.74) is 4.97. The van der Waals surface area contributed by atoms with Gasteiger partial charge in [0.25, 0.3) is 0 Å². The number of esters is 1. The van der Waals surface area contributed by atoms with Crippen LogP contribution in [0.2, 0.25) is 0 Å². The van der Waals surface area contributed by atoms with Crippen molar-refractivity contribution in [3.8, 4) is 0 Å². The van der Waals surface area contributed by atoms with E-state index in [4.69, 9.17) is 4.74 Å². The zero-order chi connectivity index (χ0) is 14.4. The molecule has 2 bridgehead atoms. The number of carbonyl (C=O) groups is 1. The largest absolute Gasteiger partial charge is 0.457 e. The van der Waals surface area contributed by atoms with Gasteiger partial charge in [0.2, 0.25) is 0 Å². The van der Waals surface area contributed by atoms with Gasteiger partial charge in [-0.3, -0.25) is 4.79 Å². The van der Waals surface area contributed by atoms with Crippen LogP contribution in [0.4, 0.5) is 0 Å². The number of rotatable bonds is 1. The normalized spacial score (nSPS) is 24.9. The summed E-state index contributed by atoms with van der Waals surface area (Å²) in [5.74, 6) is 0.130. The van der Waals surface area contributed by atoms with Crippen LogP contribution in [0.25, 0.3) is 0 Å². The average molecular weight is 276 g/mol. The topological polar surface area (TPSA) is 26.3 Å². The Balaban J connectivity index is 1.98. The first-order valence-electron chi connectivity index (χ1n) is 7.29. The Morgan fingerprint density at radius 3 is 2.10 bits per heavy atom. The van der Waals surface area contributed by atoms with Crippen LogP contribution in [0.15, 0.2) is 60.7 Å². The van der Waals surface area contributed by atoms with Gasteiger partial charge in [0.05, 0.1) is 0 Å². The first kappa shape index (κ1) is 12.4. The second kappa shape index (κ2) is 4.59. The summed E-state index contributed by atoms with van der Waals surface area (Å²) in [4.78, 5) is 11.6. The number of carbonyl (C=O) groups excluding carboxylic acids is 1. The smallest absolute Gasteiger partial charge is 0.303 e. The predicted molar refractivity (Wildman–Crippen MR) is 81.1 cm³/mol. The molecule has 0 heterocycles. The highest BCUT2D eigenvalue weighted by molar-refractivity contribution is 5.67. The van der Waals surface area contributed by atoms with Crippen LogP contribution >= 0.6 is 0 Å². The fraction of sp³-hybridized carbons (Fsp3) is 0.211. The van der Waals surface area contributed by atoms with E-state index >= 15 is 0 Å². The quantitative estimate of drug-likeness (QED) is 0.579. The van der Waals surface area contributed by atoms with Gasteiger partial charge >= 0.3 is 5.97 Å². The maximum absolute atomic E-state index is 11.6. The highest BCUT2D eigenvalue weighted by atomic mass is 16.5.